The molecule has 6 heteroatoms. The van der Waals surface area contributed by atoms with E-state index in [9.17, 15) is 4.79 Å². The summed E-state index contributed by atoms with van der Waals surface area (Å²) in [4.78, 5) is 11.8. The molecule has 1 aromatic heterocycles. The second-order valence-corrected chi connectivity index (χ2v) is 4.15. The molecule has 1 atom stereocenters. The van der Waals surface area contributed by atoms with Crippen LogP contribution in [0.5, 0.6) is 0 Å². The molecule has 1 amide bonds. The molecule has 1 unspecified atom stereocenters. The third kappa shape index (κ3) is 3.23. The molecule has 0 fully saturated rings. The van der Waals surface area contributed by atoms with Gasteiger partial charge in [-0.1, -0.05) is 18.5 Å². The Morgan fingerprint density at radius 1 is 1.75 bits per heavy atom. The second kappa shape index (κ2) is 6.12. The van der Waals surface area contributed by atoms with Crippen LogP contribution in [0.4, 0.5) is 5.69 Å². The number of nitrogens with zero attached hydrogens (tertiary/aromatic N) is 1. The standard InChI is InChI=1S/C10H15N3O2S/c1-2-3-8(9(11)13-15)10(14)12-7-4-5-16-6-7/h4-6,8,15H,2-3H2,1H3,(H2,11,13)(H,12,14). The van der Waals surface area contributed by atoms with Crippen LogP contribution in [-0.4, -0.2) is 17.0 Å². The maximum absolute atomic E-state index is 11.8. The fourth-order valence-electron chi connectivity index (χ4n) is 1.34. The number of thiophene rings is 1. The molecule has 16 heavy (non-hydrogen) atoms. The van der Waals surface area contributed by atoms with Gasteiger partial charge in [-0.15, -0.1) is 0 Å². The lowest BCUT2D eigenvalue weighted by molar-refractivity contribution is -0.118. The fraction of sp³-hybridized carbons (Fsp3) is 0.400. The summed E-state index contributed by atoms with van der Waals surface area (Å²) in [7, 11) is 0. The number of nitrogens with two attached hydrogens (primary N) is 1. The van der Waals surface area contributed by atoms with Gasteiger partial charge in [-0.05, 0) is 17.9 Å². The number of rotatable bonds is 5. The normalized spacial score (nSPS) is 13.4. The van der Waals surface area contributed by atoms with Crippen molar-refractivity contribution in [1.29, 1.82) is 0 Å². The fourth-order valence-corrected chi connectivity index (χ4v) is 1.92. The minimum absolute atomic E-state index is 0.0467. The minimum atomic E-state index is -0.574. The van der Waals surface area contributed by atoms with Crippen LogP contribution < -0.4 is 11.1 Å². The van der Waals surface area contributed by atoms with Crippen molar-refractivity contribution >= 4 is 28.8 Å². The lowest BCUT2D eigenvalue weighted by Gasteiger charge is -2.13. The summed E-state index contributed by atoms with van der Waals surface area (Å²) in [5.41, 5.74) is 6.21. The van der Waals surface area contributed by atoms with Gasteiger partial charge in [0.05, 0.1) is 11.6 Å². The molecule has 0 radical (unpaired) electrons. The first-order chi connectivity index (χ1) is 7.69. The van der Waals surface area contributed by atoms with E-state index >= 15 is 0 Å². The summed E-state index contributed by atoms with van der Waals surface area (Å²) >= 11 is 1.50. The van der Waals surface area contributed by atoms with Gasteiger partial charge in [-0.2, -0.15) is 11.3 Å². The van der Waals surface area contributed by atoms with Crippen molar-refractivity contribution in [3.8, 4) is 0 Å². The first kappa shape index (κ1) is 12.5. The maximum atomic E-state index is 11.8. The van der Waals surface area contributed by atoms with Crippen LogP contribution in [0.3, 0.4) is 0 Å². The summed E-state index contributed by atoms with van der Waals surface area (Å²) in [6.07, 6.45) is 1.35. The molecule has 0 saturated heterocycles. The Morgan fingerprint density at radius 2 is 2.50 bits per heavy atom. The molecule has 88 valence electrons. The topological polar surface area (TPSA) is 87.7 Å². The van der Waals surface area contributed by atoms with Gasteiger partial charge in [0.15, 0.2) is 5.84 Å². The van der Waals surface area contributed by atoms with E-state index < -0.39 is 5.92 Å². The highest BCUT2D eigenvalue weighted by molar-refractivity contribution is 7.08. The number of amides is 1. The smallest absolute Gasteiger partial charge is 0.235 e. The molecular formula is C10H15N3O2S. The number of hydrogen-bond acceptors (Lipinski definition) is 4. The lowest BCUT2D eigenvalue weighted by atomic mass is 10.0. The van der Waals surface area contributed by atoms with E-state index in [4.69, 9.17) is 10.9 Å². The Hall–Kier alpha value is -1.56. The SMILES string of the molecule is CCCC(C(=O)Nc1ccsc1)C(N)=NO. The molecule has 0 aliphatic carbocycles. The molecule has 0 aromatic carbocycles. The van der Waals surface area contributed by atoms with Gasteiger partial charge in [-0.25, -0.2) is 0 Å². The van der Waals surface area contributed by atoms with Crippen molar-refractivity contribution in [1.82, 2.24) is 0 Å². The van der Waals surface area contributed by atoms with E-state index in [1.54, 1.807) is 6.07 Å². The summed E-state index contributed by atoms with van der Waals surface area (Å²) in [6, 6.07) is 1.80. The number of nitrogens with one attached hydrogen (secondary N) is 1. The molecule has 0 spiro atoms. The molecule has 0 saturated carbocycles. The number of anilines is 1. The second-order valence-electron chi connectivity index (χ2n) is 3.37. The van der Waals surface area contributed by atoms with Crippen LogP contribution in [0, 0.1) is 5.92 Å². The van der Waals surface area contributed by atoms with Gasteiger partial charge in [-0.3, -0.25) is 4.79 Å². The van der Waals surface area contributed by atoms with Crippen LogP contribution in [0.1, 0.15) is 19.8 Å². The molecule has 1 aromatic rings. The predicted octanol–water partition coefficient (Wildman–Crippen LogP) is 1.85. The molecule has 0 bridgehead atoms. The molecule has 1 heterocycles. The molecule has 0 aliphatic heterocycles. The quantitative estimate of drug-likeness (QED) is 0.318. The Morgan fingerprint density at radius 3 is 3.00 bits per heavy atom. The highest BCUT2D eigenvalue weighted by atomic mass is 32.1. The first-order valence-corrected chi connectivity index (χ1v) is 5.93. The van der Waals surface area contributed by atoms with E-state index in [0.717, 1.165) is 12.1 Å². The molecule has 0 aliphatic rings. The van der Waals surface area contributed by atoms with E-state index in [0.29, 0.717) is 6.42 Å². The zero-order valence-corrected chi connectivity index (χ0v) is 9.83. The average molecular weight is 241 g/mol. The van der Waals surface area contributed by atoms with Gasteiger partial charge in [0.25, 0.3) is 0 Å². The Kier molecular flexibility index (Phi) is 4.78. The monoisotopic (exact) mass is 241 g/mol. The van der Waals surface area contributed by atoms with E-state index in [-0.39, 0.29) is 11.7 Å². The van der Waals surface area contributed by atoms with Gasteiger partial charge < -0.3 is 16.3 Å². The molecule has 4 N–H and O–H groups in total. The van der Waals surface area contributed by atoms with Crippen LogP contribution in [-0.2, 0) is 4.79 Å². The van der Waals surface area contributed by atoms with Crippen molar-refractivity contribution in [2.75, 3.05) is 5.32 Å². The van der Waals surface area contributed by atoms with E-state index in [1.807, 2.05) is 17.7 Å². The number of hydrogen-bond donors (Lipinski definition) is 3. The van der Waals surface area contributed by atoms with Gasteiger partial charge in [0.1, 0.15) is 0 Å². The van der Waals surface area contributed by atoms with Crippen LogP contribution in [0.2, 0.25) is 0 Å². The zero-order valence-electron chi connectivity index (χ0n) is 9.01. The third-order valence-corrected chi connectivity index (χ3v) is 2.84. The van der Waals surface area contributed by atoms with E-state index in [2.05, 4.69) is 10.5 Å². The van der Waals surface area contributed by atoms with Crippen molar-refractivity contribution in [3.05, 3.63) is 16.8 Å². The molecule has 5 nitrogen and oxygen atoms in total. The van der Waals surface area contributed by atoms with Crippen molar-refractivity contribution in [2.24, 2.45) is 16.8 Å². The number of oxime groups is 1. The first-order valence-electron chi connectivity index (χ1n) is 4.99. The summed E-state index contributed by atoms with van der Waals surface area (Å²) in [6.45, 7) is 1.94. The highest BCUT2D eigenvalue weighted by Gasteiger charge is 2.22. The minimum Gasteiger partial charge on any atom is -0.409 e. The van der Waals surface area contributed by atoms with Gasteiger partial charge in [0.2, 0.25) is 5.91 Å². The van der Waals surface area contributed by atoms with Crippen LogP contribution in [0.15, 0.2) is 22.0 Å². The Balaban J connectivity index is 2.68. The van der Waals surface area contributed by atoms with Gasteiger partial charge >= 0.3 is 0 Å². The summed E-state index contributed by atoms with van der Waals surface area (Å²) < 4.78 is 0. The predicted molar refractivity (Wildman–Crippen MR) is 64.8 cm³/mol. The average Bonchev–Trinajstić information content (AvgIpc) is 2.77. The van der Waals surface area contributed by atoms with Crippen molar-refractivity contribution in [3.63, 3.8) is 0 Å². The maximum Gasteiger partial charge on any atom is 0.235 e. The number of carbonyl (C=O) groups is 1. The molecular weight excluding hydrogens is 226 g/mol. The highest BCUT2D eigenvalue weighted by Crippen LogP contribution is 2.15. The van der Waals surface area contributed by atoms with Crippen LogP contribution >= 0.6 is 11.3 Å². The third-order valence-electron chi connectivity index (χ3n) is 2.16. The number of carbonyl (C=O) groups excluding carboxylic acids is 1. The summed E-state index contributed by atoms with van der Waals surface area (Å²) in [5.74, 6) is -0.861. The Labute approximate surface area is 98.0 Å². The van der Waals surface area contributed by atoms with Crippen molar-refractivity contribution < 1.29 is 10.0 Å². The largest absolute Gasteiger partial charge is 0.409 e. The molecule has 1 rings (SSSR count). The van der Waals surface area contributed by atoms with Gasteiger partial charge in [0, 0.05) is 5.38 Å². The van der Waals surface area contributed by atoms with Crippen LogP contribution in [0.25, 0.3) is 0 Å². The lowest BCUT2D eigenvalue weighted by Crippen LogP contribution is -2.34. The number of amidine groups is 1. The van der Waals surface area contributed by atoms with E-state index in [1.165, 1.54) is 11.3 Å². The zero-order chi connectivity index (χ0) is 12.0. The Bertz CT molecular complexity index is 362. The summed E-state index contributed by atoms with van der Waals surface area (Å²) in [5, 5.41) is 17.9. The van der Waals surface area contributed by atoms with Crippen molar-refractivity contribution in [2.45, 2.75) is 19.8 Å².